The van der Waals surface area contributed by atoms with Crippen molar-refractivity contribution in [2.45, 2.75) is 22.9 Å². The van der Waals surface area contributed by atoms with E-state index in [1.807, 2.05) is 0 Å². The fraction of sp³-hybridized carbons (Fsp3) is 0.138. The van der Waals surface area contributed by atoms with Crippen LogP contribution >= 0.6 is 11.6 Å². The van der Waals surface area contributed by atoms with Crippen LogP contribution in [0.25, 0.3) is 0 Å². The molecule has 4 aromatic carbocycles. The molecule has 0 radical (unpaired) electrons. The average Bonchev–Trinajstić information content (AvgIpc) is 2.96. The fourth-order valence-electron chi connectivity index (χ4n) is 4.07. The highest BCUT2D eigenvalue weighted by Crippen LogP contribution is 2.38. The van der Waals surface area contributed by atoms with Crippen molar-refractivity contribution in [3.8, 4) is 5.75 Å². The summed E-state index contributed by atoms with van der Waals surface area (Å²) in [4.78, 5) is 12.6. The minimum Gasteiger partial charge on any atom is -0.495 e. The highest BCUT2D eigenvalue weighted by Gasteiger charge is 2.35. The van der Waals surface area contributed by atoms with E-state index in [4.69, 9.17) is 16.3 Å². The molecular weight excluding hydrogens is 643 g/mol. The third kappa shape index (κ3) is 7.44. The standard InChI is InChI=1S/C29H25ClF3N3O6S2/c1-19-8-15-27(42-2)26(16-19)35-43(38,39)22-12-9-20(10-13-22)34-28(37)18-36(44(40,41)23-6-4-3-5-7-23)21-11-14-25(30)24(17-21)29(31,32)33/h3-17,35H,18H2,1-2H3,(H,34,37). The van der Waals surface area contributed by atoms with Crippen LogP contribution in [0.15, 0.2) is 101 Å². The number of nitrogens with zero attached hydrogens (tertiary/aromatic N) is 1. The quantitative estimate of drug-likeness (QED) is 0.204. The predicted molar refractivity (Wildman–Crippen MR) is 161 cm³/mol. The van der Waals surface area contributed by atoms with E-state index in [1.54, 1.807) is 31.2 Å². The van der Waals surface area contributed by atoms with E-state index in [0.29, 0.717) is 16.1 Å². The molecule has 2 N–H and O–H groups in total. The molecule has 0 fully saturated rings. The van der Waals surface area contributed by atoms with Gasteiger partial charge in [0.25, 0.3) is 20.0 Å². The minimum absolute atomic E-state index is 0.103. The molecule has 0 aliphatic heterocycles. The Morgan fingerprint density at radius 2 is 1.55 bits per heavy atom. The maximum Gasteiger partial charge on any atom is 0.417 e. The van der Waals surface area contributed by atoms with Gasteiger partial charge in [-0.3, -0.25) is 13.8 Å². The molecule has 0 bridgehead atoms. The fourth-order valence-corrected chi connectivity index (χ4v) is 6.79. The number of carbonyl (C=O) groups excluding carboxylic acids is 1. The Labute approximate surface area is 257 Å². The van der Waals surface area contributed by atoms with Gasteiger partial charge >= 0.3 is 6.18 Å². The van der Waals surface area contributed by atoms with Crippen molar-refractivity contribution >= 4 is 54.6 Å². The predicted octanol–water partition coefficient (Wildman–Crippen LogP) is 6.31. The third-order valence-electron chi connectivity index (χ3n) is 6.21. The van der Waals surface area contributed by atoms with Crippen LogP contribution < -0.4 is 19.1 Å². The van der Waals surface area contributed by atoms with Crippen LogP contribution in [0, 0.1) is 6.92 Å². The molecule has 0 aliphatic carbocycles. The number of amides is 1. The Kier molecular flexibility index (Phi) is 9.47. The number of aryl methyl sites for hydroxylation is 1. The Bertz CT molecular complexity index is 1890. The molecule has 44 heavy (non-hydrogen) atoms. The molecule has 0 saturated heterocycles. The number of hydrogen-bond donors (Lipinski definition) is 2. The van der Waals surface area contributed by atoms with Crippen molar-refractivity contribution in [3.05, 3.63) is 107 Å². The first-order valence-corrected chi connectivity index (χ1v) is 15.9. The van der Waals surface area contributed by atoms with Crippen LogP contribution in [0.4, 0.5) is 30.2 Å². The maximum atomic E-state index is 13.6. The molecule has 0 saturated carbocycles. The van der Waals surface area contributed by atoms with E-state index in [0.717, 1.165) is 17.7 Å². The van der Waals surface area contributed by atoms with Crippen molar-refractivity contribution < 1.29 is 39.5 Å². The highest BCUT2D eigenvalue weighted by atomic mass is 35.5. The number of benzene rings is 4. The lowest BCUT2D eigenvalue weighted by atomic mass is 10.2. The summed E-state index contributed by atoms with van der Waals surface area (Å²) >= 11 is 5.72. The van der Waals surface area contributed by atoms with Gasteiger partial charge in [-0.15, -0.1) is 0 Å². The number of anilines is 3. The van der Waals surface area contributed by atoms with Crippen molar-refractivity contribution in [2.75, 3.05) is 28.0 Å². The Morgan fingerprint density at radius 1 is 0.886 bits per heavy atom. The van der Waals surface area contributed by atoms with E-state index in [1.165, 1.54) is 55.6 Å². The summed E-state index contributed by atoms with van der Waals surface area (Å²) in [6.45, 7) is 0.869. The molecule has 4 aromatic rings. The Balaban J connectivity index is 1.59. The molecule has 1 amide bonds. The van der Waals surface area contributed by atoms with Gasteiger partial charge in [-0.1, -0.05) is 35.9 Å². The lowest BCUT2D eigenvalue weighted by Crippen LogP contribution is -2.38. The van der Waals surface area contributed by atoms with Crippen LogP contribution in [0.1, 0.15) is 11.1 Å². The SMILES string of the molecule is COc1ccc(C)cc1NS(=O)(=O)c1ccc(NC(=O)CN(c2ccc(Cl)c(C(F)(F)F)c2)S(=O)(=O)c2ccccc2)cc1. The molecule has 4 rings (SSSR count). The topological polar surface area (TPSA) is 122 Å². The summed E-state index contributed by atoms with van der Waals surface area (Å²) < 4.78 is 102. The van der Waals surface area contributed by atoms with E-state index >= 15 is 0 Å². The number of hydrogen-bond acceptors (Lipinski definition) is 6. The number of methoxy groups -OCH3 is 1. The summed E-state index contributed by atoms with van der Waals surface area (Å²) in [5.74, 6) is -0.604. The second-order valence-corrected chi connectivity index (χ2v) is 13.3. The van der Waals surface area contributed by atoms with Crippen molar-refractivity contribution in [3.63, 3.8) is 0 Å². The smallest absolute Gasteiger partial charge is 0.417 e. The lowest BCUT2D eigenvalue weighted by Gasteiger charge is -2.25. The normalized spacial score (nSPS) is 12.0. The largest absolute Gasteiger partial charge is 0.495 e. The first-order chi connectivity index (χ1) is 20.6. The monoisotopic (exact) mass is 667 g/mol. The van der Waals surface area contributed by atoms with Crippen LogP contribution in [-0.2, 0) is 31.0 Å². The van der Waals surface area contributed by atoms with Gasteiger partial charge in [0.1, 0.15) is 12.3 Å². The van der Waals surface area contributed by atoms with Crippen molar-refractivity contribution in [1.82, 2.24) is 0 Å². The van der Waals surface area contributed by atoms with Gasteiger partial charge in [0.05, 0.1) is 38.9 Å². The van der Waals surface area contributed by atoms with Gasteiger partial charge in [-0.25, -0.2) is 16.8 Å². The molecular formula is C29H25ClF3N3O6S2. The molecule has 15 heteroatoms. The highest BCUT2D eigenvalue weighted by molar-refractivity contribution is 7.93. The van der Waals surface area contributed by atoms with E-state index in [2.05, 4.69) is 10.0 Å². The van der Waals surface area contributed by atoms with Crippen LogP contribution in [0.5, 0.6) is 5.75 Å². The van der Waals surface area contributed by atoms with Gasteiger partial charge < -0.3 is 10.1 Å². The van der Waals surface area contributed by atoms with Crippen LogP contribution in [0.2, 0.25) is 5.02 Å². The summed E-state index contributed by atoms with van der Waals surface area (Å²) in [6.07, 6.45) is -4.89. The molecule has 232 valence electrons. The Hall–Kier alpha value is -4.27. The Morgan fingerprint density at radius 3 is 2.16 bits per heavy atom. The lowest BCUT2D eigenvalue weighted by molar-refractivity contribution is -0.137. The molecule has 0 atom stereocenters. The van der Waals surface area contributed by atoms with Gasteiger partial charge in [0.2, 0.25) is 5.91 Å². The number of rotatable bonds is 10. The van der Waals surface area contributed by atoms with Gasteiger partial charge in [0.15, 0.2) is 0 Å². The number of sulfonamides is 2. The molecule has 0 spiro atoms. The molecule has 0 aliphatic rings. The molecule has 9 nitrogen and oxygen atoms in total. The zero-order valence-corrected chi connectivity index (χ0v) is 25.5. The second kappa shape index (κ2) is 12.8. The molecule has 0 heterocycles. The van der Waals surface area contributed by atoms with Crippen molar-refractivity contribution in [2.24, 2.45) is 0 Å². The number of carbonyl (C=O) groups is 1. The zero-order chi connectivity index (χ0) is 32.3. The maximum absolute atomic E-state index is 13.6. The van der Waals surface area contributed by atoms with Crippen LogP contribution in [0.3, 0.4) is 0 Å². The van der Waals surface area contributed by atoms with Crippen LogP contribution in [-0.4, -0.2) is 36.4 Å². The van der Waals surface area contributed by atoms with Gasteiger partial charge in [0, 0.05) is 5.69 Å². The second-order valence-electron chi connectivity index (χ2n) is 9.37. The number of ether oxygens (including phenoxy) is 1. The summed E-state index contributed by atoms with van der Waals surface area (Å²) in [5, 5.41) is 1.80. The first-order valence-electron chi connectivity index (χ1n) is 12.6. The summed E-state index contributed by atoms with van der Waals surface area (Å²) in [6, 6.07) is 19.3. The molecule has 0 aromatic heterocycles. The average molecular weight is 668 g/mol. The summed E-state index contributed by atoms with van der Waals surface area (Å²) in [5.41, 5.74) is -0.608. The third-order valence-corrected chi connectivity index (χ3v) is 9.71. The van der Waals surface area contributed by atoms with Crippen molar-refractivity contribution in [1.29, 1.82) is 0 Å². The number of nitrogens with one attached hydrogen (secondary N) is 2. The first kappa shape index (κ1) is 32.6. The minimum atomic E-state index is -4.89. The van der Waals surface area contributed by atoms with E-state index < -0.39 is 54.9 Å². The number of halogens is 4. The van der Waals surface area contributed by atoms with Gasteiger partial charge in [-0.05, 0) is 79.2 Å². The van der Waals surface area contributed by atoms with E-state index in [-0.39, 0.29) is 21.2 Å². The zero-order valence-electron chi connectivity index (χ0n) is 23.1. The number of alkyl halides is 3. The summed E-state index contributed by atoms with van der Waals surface area (Å²) in [7, 11) is -7.19. The van der Waals surface area contributed by atoms with E-state index in [9.17, 15) is 34.8 Å². The van der Waals surface area contributed by atoms with Gasteiger partial charge in [-0.2, -0.15) is 13.2 Å². The molecule has 0 unspecified atom stereocenters.